The zero-order valence-electron chi connectivity index (χ0n) is 12.8. The van der Waals surface area contributed by atoms with Crippen LogP contribution in [0.3, 0.4) is 0 Å². The summed E-state index contributed by atoms with van der Waals surface area (Å²) in [5.74, 6) is -0.642. The van der Waals surface area contributed by atoms with Crippen molar-refractivity contribution in [2.45, 2.75) is 18.4 Å². The number of hydrogen-bond acceptors (Lipinski definition) is 3. The van der Waals surface area contributed by atoms with Crippen LogP contribution in [0.1, 0.15) is 12.5 Å². The third-order valence-electron chi connectivity index (χ3n) is 3.18. The van der Waals surface area contributed by atoms with Gasteiger partial charge in [-0.25, -0.2) is 12.8 Å². The molecule has 0 aromatic heterocycles. The van der Waals surface area contributed by atoms with Crippen LogP contribution in [0.4, 0.5) is 10.1 Å². The Labute approximate surface area is 134 Å². The second-order valence-corrected chi connectivity index (χ2v) is 7.14. The molecule has 23 heavy (non-hydrogen) atoms. The molecule has 122 valence electrons. The van der Waals surface area contributed by atoms with Crippen molar-refractivity contribution in [3.63, 3.8) is 0 Å². The average molecular weight is 336 g/mol. The van der Waals surface area contributed by atoms with E-state index in [0.717, 1.165) is 4.31 Å². The fourth-order valence-electron chi connectivity index (χ4n) is 2.07. The molecule has 0 atom stereocenters. The van der Waals surface area contributed by atoms with E-state index in [1.54, 1.807) is 6.07 Å². The van der Waals surface area contributed by atoms with Crippen molar-refractivity contribution < 1.29 is 17.6 Å². The van der Waals surface area contributed by atoms with Crippen molar-refractivity contribution in [2.24, 2.45) is 0 Å². The van der Waals surface area contributed by atoms with E-state index in [1.165, 1.54) is 56.4 Å². The first-order valence-electron chi connectivity index (χ1n) is 6.87. The number of halogens is 1. The van der Waals surface area contributed by atoms with Crippen LogP contribution >= 0.6 is 0 Å². The Hall–Kier alpha value is -2.25. The number of rotatable bonds is 5. The van der Waals surface area contributed by atoms with Gasteiger partial charge in [-0.1, -0.05) is 12.1 Å². The largest absolute Gasteiger partial charge is 0.326 e. The maximum absolute atomic E-state index is 13.2. The summed E-state index contributed by atoms with van der Waals surface area (Å²) in [6.07, 6.45) is 0. The molecule has 5 nitrogen and oxygen atoms in total. The second kappa shape index (κ2) is 6.89. The van der Waals surface area contributed by atoms with E-state index in [2.05, 4.69) is 5.32 Å². The van der Waals surface area contributed by atoms with Crippen LogP contribution in [0.2, 0.25) is 0 Å². The third-order valence-corrected chi connectivity index (χ3v) is 4.99. The van der Waals surface area contributed by atoms with E-state index < -0.39 is 15.8 Å². The van der Waals surface area contributed by atoms with Crippen LogP contribution in [0, 0.1) is 5.82 Å². The SMILES string of the molecule is CC(=O)Nc1ccc(S(=O)(=O)N(C)Cc2cccc(F)c2)cc1. The van der Waals surface area contributed by atoms with Gasteiger partial charge in [0, 0.05) is 26.2 Å². The Balaban J connectivity index is 2.18. The van der Waals surface area contributed by atoms with Crippen molar-refractivity contribution in [2.75, 3.05) is 12.4 Å². The van der Waals surface area contributed by atoms with Gasteiger partial charge in [0.15, 0.2) is 0 Å². The lowest BCUT2D eigenvalue weighted by Gasteiger charge is -2.17. The maximum Gasteiger partial charge on any atom is 0.243 e. The van der Waals surface area contributed by atoms with Gasteiger partial charge in [-0.05, 0) is 42.0 Å². The van der Waals surface area contributed by atoms with Gasteiger partial charge in [-0.3, -0.25) is 4.79 Å². The highest BCUT2D eigenvalue weighted by Crippen LogP contribution is 2.19. The third kappa shape index (κ3) is 4.37. The molecule has 0 aliphatic carbocycles. The fraction of sp³-hybridized carbons (Fsp3) is 0.188. The molecule has 0 aliphatic heterocycles. The minimum atomic E-state index is -3.70. The van der Waals surface area contributed by atoms with Gasteiger partial charge < -0.3 is 5.32 Å². The van der Waals surface area contributed by atoms with Gasteiger partial charge in [0.25, 0.3) is 0 Å². The number of benzene rings is 2. The molecule has 0 saturated carbocycles. The summed E-state index contributed by atoms with van der Waals surface area (Å²) in [6, 6.07) is 11.7. The molecule has 0 saturated heterocycles. The minimum absolute atomic E-state index is 0.0630. The number of amides is 1. The minimum Gasteiger partial charge on any atom is -0.326 e. The monoisotopic (exact) mass is 336 g/mol. The standard InChI is InChI=1S/C16H17FN2O3S/c1-12(20)18-15-6-8-16(9-7-15)23(21,22)19(2)11-13-4-3-5-14(17)10-13/h3-10H,11H2,1-2H3,(H,18,20). The van der Waals surface area contributed by atoms with E-state index in [9.17, 15) is 17.6 Å². The topological polar surface area (TPSA) is 66.5 Å². The summed E-state index contributed by atoms with van der Waals surface area (Å²) in [5.41, 5.74) is 1.08. The molecule has 0 unspecified atom stereocenters. The van der Waals surface area contributed by atoms with Crippen molar-refractivity contribution in [3.8, 4) is 0 Å². The molecule has 0 radical (unpaired) electrons. The van der Waals surface area contributed by atoms with Crippen molar-refractivity contribution in [1.29, 1.82) is 0 Å². The van der Waals surface area contributed by atoms with Crippen LogP contribution < -0.4 is 5.32 Å². The van der Waals surface area contributed by atoms with E-state index in [0.29, 0.717) is 11.3 Å². The highest BCUT2D eigenvalue weighted by atomic mass is 32.2. The summed E-state index contributed by atoms with van der Waals surface area (Å²) in [7, 11) is -2.26. The maximum atomic E-state index is 13.2. The molecule has 7 heteroatoms. The lowest BCUT2D eigenvalue weighted by atomic mass is 10.2. The van der Waals surface area contributed by atoms with Gasteiger partial charge in [0.1, 0.15) is 5.82 Å². The number of carbonyl (C=O) groups is 1. The number of hydrogen-bond donors (Lipinski definition) is 1. The number of sulfonamides is 1. The quantitative estimate of drug-likeness (QED) is 0.913. The molecule has 2 rings (SSSR count). The molecule has 0 fully saturated rings. The summed E-state index contributed by atoms with van der Waals surface area (Å²) in [4.78, 5) is 11.1. The van der Waals surface area contributed by atoms with Gasteiger partial charge in [-0.2, -0.15) is 4.31 Å². The van der Waals surface area contributed by atoms with Gasteiger partial charge in [0.2, 0.25) is 15.9 Å². The molecule has 1 N–H and O–H groups in total. The van der Waals surface area contributed by atoms with Crippen LogP contribution in [0.5, 0.6) is 0 Å². The molecule has 2 aromatic carbocycles. The van der Waals surface area contributed by atoms with Crippen LogP contribution in [-0.2, 0) is 21.4 Å². The molecule has 0 aliphatic rings. The number of carbonyl (C=O) groups excluding carboxylic acids is 1. The fourth-order valence-corrected chi connectivity index (χ4v) is 3.23. The first-order valence-corrected chi connectivity index (χ1v) is 8.31. The number of nitrogens with zero attached hydrogens (tertiary/aromatic N) is 1. The van der Waals surface area contributed by atoms with E-state index >= 15 is 0 Å². The molecular formula is C16H17FN2O3S. The Morgan fingerprint density at radius 3 is 2.39 bits per heavy atom. The first-order chi connectivity index (χ1) is 10.8. The van der Waals surface area contributed by atoms with Crippen molar-refractivity contribution in [1.82, 2.24) is 4.31 Å². The van der Waals surface area contributed by atoms with Crippen LogP contribution in [0.25, 0.3) is 0 Å². The lowest BCUT2D eigenvalue weighted by molar-refractivity contribution is -0.114. The highest BCUT2D eigenvalue weighted by Gasteiger charge is 2.21. The van der Waals surface area contributed by atoms with Crippen molar-refractivity contribution in [3.05, 3.63) is 59.9 Å². The van der Waals surface area contributed by atoms with E-state index in [1.807, 2.05) is 0 Å². The predicted octanol–water partition coefficient (Wildman–Crippen LogP) is 2.60. The molecule has 0 heterocycles. The summed E-state index contributed by atoms with van der Waals surface area (Å²) >= 11 is 0. The smallest absolute Gasteiger partial charge is 0.243 e. The molecule has 2 aromatic rings. The molecule has 0 spiro atoms. The number of anilines is 1. The zero-order valence-corrected chi connectivity index (χ0v) is 13.6. The normalized spacial score (nSPS) is 11.5. The molecule has 0 bridgehead atoms. The van der Waals surface area contributed by atoms with E-state index in [4.69, 9.17) is 0 Å². The summed E-state index contributed by atoms with van der Waals surface area (Å²) in [6.45, 7) is 1.44. The van der Waals surface area contributed by atoms with Gasteiger partial charge >= 0.3 is 0 Å². The zero-order chi connectivity index (χ0) is 17.0. The summed E-state index contributed by atoms with van der Waals surface area (Å²) in [5, 5.41) is 2.57. The predicted molar refractivity (Wildman–Crippen MR) is 85.8 cm³/mol. The Bertz CT molecular complexity index is 804. The van der Waals surface area contributed by atoms with Gasteiger partial charge in [0.05, 0.1) is 4.90 Å². The summed E-state index contributed by atoms with van der Waals surface area (Å²) < 4.78 is 39.3. The Morgan fingerprint density at radius 1 is 1.17 bits per heavy atom. The Morgan fingerprint density at radius 2 is 1.83 bits per heavy atom. The average Bonchev–Trinajstić information content (AvgIpc) is 2.47. The van der Waals surface area contributed by atoms with Gasteiger partial charge in [-0.15, -0.1) is 0 Å². The molecule has 1 amide bonds. The lowest BCUT2D eigenvalue weighted by Crippen LogP contribution is -2.26. The second-order valence-electron chi connectivity index (χ2n) is 5.10. The molecular weight excluding hydrogens is 319 g/mol. The highest BCUT2D eigenvalue weighted by molar-refractivity contribution is 7.89. The number of nitrogens with one attached hydrogen (secondary N) is 1. The van der Waals surface area contributed by atoms with Crippen LogP contribution in [0.15, 0.2) is 53.4 Å². The van der Waals surface area contributed by atoms with Crippen molar-refractivity contribution >= 4 is 21.6 Å². The first kappa shape index (κ1) is 17.1. The Kier molecular flexibility index (Phi) is 5.12. The van der Waals surface area contributed by atoms with Crippen LogP contribution in [-0.4, -0.2) is 25.7 Å². The van der Waals surface area contributed by atoms with E-state index in [-0.39, 0.29) is 17.3 Å².